The molecule has 0 saturated carbocycles. The lowest BCUT2D eigenvalue weighted by Crippen LogP contribution is -2.32. The van der Waals surface area contributed by atoms with E-state index < -0.39 is 0 Å². The number of nitrogens with zero attached hydrogens (tertiary/aromatic N) is 1. The molecule has 1 atom stereocenters. The molecular formula is C26H23ClN2O3. The van der Waals surface area contributed by atoms with Gasteiger partial charge in [-0.1, -0.05) is 54.1 Å². The zero-order chi connectivity index (χ0) is 22.1. The van der Waals surface area contributed by atoms with Crippen molar-refractivity contribution in [2.45, 2.75) is 32.4 Å². The lowest BCUT2D eigenvalue weighted by atomic mass is 9.96. The molecule has 0 bridgehead atoms. The average molecular weight is 447 g/mol. The van der Waals surface area contributed by atoms with Crippen LogP contribution in [0.3, 0.4) is 0 Å². The van der Waals surface area contributed by atoms with Gasteiger partial charge in [-0.05, 0) is 55.1 Å². The topological polar surface area (TPSA) is 64.4 Å². The minimum absolute atomic E-state index is 0.108. The molecule has 162 valence electrons. The van der Waals surface area contributed by atoms with E-state index in [4.69, 9.17) is 25.7 Å². The first-order valence-corrected chi connectivity index (χ1v) is 11.1. The molecule has 0 spiro atoms. The van der Waals surface area contributed by atoms with Gasteiger partial charge < -0.3 is 14.5 Å². The van der Waals surface area contributed by atoms with Crippen LogP contribution in [-0.4, -0.2) is 23.5 Å². The van der Waals surface area contributed by atoms with Crippen molar-refractivity contribution in [3.8, 4) is 22.6 Å². The van der Waals surface area contributed by atoms with Crippen LogP contribution < -0.4 is 5.32 Å². The number of halogens is 1. The fourth-order valence-corrected chi connectivity index (χ4v) is 4.36. The van der Waals surface area contributed by atoms with E-state index in [1.54, 1.807) is 6.07 Å². The standard InChI is InChI=1S/C26H23ClN2O3/c1-16-19(17-7-3-2-4-8-17)9-5-10-20(16)25-29-23-13-18(21(27)14-24(23)32-25)15-31-26(30)22-11-6-12-28-22/h2-5,7-10,13-14,22,28H,6,11-12,15H2,1H3/t22-/m0/s1. The van der Waals surface area contributed by atoms with E-state index in [-0.39, 0.29) is 18.6 Å². The summed E-state index contributed by atoms with van der Waals surface area (Å²) in [5, 5.41) is 3.63. The van der Waals surface area contributed by atoms with Gasteiger partial charge in [0, 0.05) is 17.2 Å². The molecule has 5 rings (SSSR count). The first-order chi connectivity index (χ1) is 15.6. The van der Waals surface area contributed by atoms with Crippen LogP contribution >= 0.6 is 11.6 Å². The van der Waals surface area contributed by atoms with Gasteiger partial charge in [0.15, 0.2) is 5.58 Å². The van der Waals surface area contributed by atoms with Gasteiger partial charge in [-0.2, -0.15) is 0 Å². The van der Waals surface area contributed by atoms with E-state index in [0.29, 0.717) is 27.6 Å². The molecule has 1 aliphatic rings. The first-order valence-electron chi connectivity index (χ1n) is 10.7. The summed E-state index contributed by atoms with van der Waals surface area (Å²) >= 11 is 6.44. The molecule has 0 amide bonds. The summed E-state index contributed by atoms with van der Waals surface area (Å²) in [6.45, 7) is 3.02. The Morgan fingerprint density at radius 3 is 2.75 bits per heavy atom. The van der Waals surface area contributed by atoms with Crippen molar-refractivity contribution in [3.63, 3.8) is 0 Å². The minimum atomic E-state index is -0.243. The van der Waals surface area contributed by atoms with E-state index >= 15 is 0 Å². The van der Waals surface area contributed by atoms with Gasteiger partial charge in [0.25, 0.3) is 0 Å². The molecule has 32 heavy (non-hydrogen) atoms. The summed E-state index contributed by atoms with van der Waals surface area (Å²) in [6.07, 6.45) is 1.79. The number of fused-ring (bicyclic) bond motifs is 1. The smallest absolute Gasteiger partial charge is 0.323 e. The van der Waals surface area contributed by atoms with Gasteiger partial charge in [0.2, 0.25) is 5.89 Å². The predicted octanol–water partition coefficient (Wildman–Crippen LogP) is 5.92. The molecule has 1 saturated heterocycles. The zero-order valence-corrected chi connectivity index (χ0v) is 18.5. The van der Waals surface area contributed by atoms with Crippen molar-refractivity contribution < 1.29 is 13.9 Å². The molecule has 1 N–H and O–H groups in total. The molecule has 1 fully saturated rings. The molecule has 0 unspecified atom stereocenters. The molecule has 2 heterocycles. The normalized spacial score (nSPS) is 15.9. The lowest BCUT2D eigenvalue weighted by molar-refractivity contribution is -0.147. The van der Waals surface area contributed by atoms with Gasteiger partial charge in [-0.15, -0.1) is 0 Å². The Morgan fingerprint density at radius 1 is 1.16 bits per heavy atom. The fourth-order valence-electron chi connectivity index (χ4n) is 4.15. The second-order valence-electron chi connectivity index (χ2n) is 8.03. The third kappa shape index (κ3) is 4.01. The van der Waals surface area contributed by atoms with Crippen molar-refractivity contribution >= 4 is 28.7 Å². The molecule has 1 aromatic heterocycles. The van der Waals surface area contributed by atoms with Gasteiger partial charge in [0.05, 0.1) is 5.02 Å². The van der Waals surface area contributed by atoms with E-state index in [2.05, 4.69) is 30.4 Å². The molecule has 1 aliphatic heterocycles. The largest absolute Gasteiger partial charge is 0.460 e. The highest BCUT2D eigenvalue weighted by atomic mass is 35.5. The number of aromatic nitrogens is 1. The number of esters is 1. The Kier molecular flexibility index (Phi) is 5.68. The van der Waals surface area contributed by atoms with Crippen LogP contribution in [0, 0.1) is 6.92 Å². The molecule has 5 nitrogen and oxygen atoms in total. The monoisotopic (exact) mass is 446 g/mol. The van der Waals surface area contributed by atoms with E-state index in [0.717, 1.165) is 41.6 Å². The van der Waals surface area contributed by atoms with E-state index in [1.807, 2.05) is 36.4 Å². The number of benzene rings is 3. The molecule has 0 aliphatic carbocycles. The van der Waals surface area contributed by atoms with Crippen molar-refractivity contribution in [1.82, 2.24) is 10.3 Å². The molecule has 0 radical (unpaired) electrons. The minimum Gasteiger partial charge on any atom is -0.460 e. The van der Waals surface area contributed by atoms with Crippen molar-refractivity contribution in [1.29, 1.82) is 0 Å². The maximum absolute atomic E-state index is 12.2. The van der Waals surface area contributed by atoms with Gasteiger partial charge in [-0.25, -0.2) is 4.98 Å². The summed E-state index contributed by atoms with van der Waals surface area (Å²) in [4.78, 5) is 16.9. The van der Waals surface area contributed by atoms with E-state index in [1.165, 1.54) is 0 Å². The van der Waals surface area contributed by atoms with Crippen LogP contribution in [0.1, 0.15) is 24.0 Å². The highest BCUT2D eigenvalue weighted by Gasteiger charge is 2.24. The third-order valence-corrected chi connectivity index (χ3v) is 6.27. The summed E-state index contributed by atoms with van der Waals surface area (Å²) in [5.41, 5.74) is 6.29. The quantitative estimate of drug-likeness (QED) is 0.385. The molecule has 6 heteroatoms. The Balaban J connectivity index is 1.43. The Labute approximate surface area is 191 Å². The van der Waals surface area contributed by atoms with Crippen LogP contribution in [0.2, 0.25) is 5.02 Å². The number of hydrogen-bond acceptors (Lipinski definition) is 5. The summed E-state index contributed by atoms with van der Waals surface area (Å²) in [6, 6.07) is 19.7. The van der Waals surface area contributed by atoms with Gasteiger partial charge in [-0.3, -0.25) is 4.79 Å². The highest BCUT2D eigenvalue weighted by Crippen LogP contribution is 2.34. The van der Waals surface area contributed by atoms with Crippen molar-refractivity contribution in [2.75, 3.05) is 6.54 Å². The lowest BCUT2D eigenvalue weighted by Gasteiger charge is -2.11. The van der Waals surface area contributed by atoms with Crippen molar-refractivity contribution in [3.05, 3.63) is 76.8 Å². The molecular weight excluding hydrogens is 424 g/mol. The first kappa shape index (κ1) is 20.7. The third-order valence-electron chi connectivity index (χ3n) is 5.92. The Hall–Kier alpha value is -3.15. The molecule has 4 aromatic rings. The van der Waals surface area contributed by atoms with Gasteiger partial charge >= 0.3 is 5.97 Å². The maximum Gasteiger partial charge on any atom is 0.323 e. The van der Waals surface area contributed by atoms with Crippen LogP contribution in [0.25, 0.3) is 33.7 Å². The zero-order valence-electron chi connectivity index (χ0n) is 17.7. The summed E-state index contributed by atoms with van der Waals surface area (Å²) in [7, 11) is 0. The summed E-state index contributed by atoms with van der Waals surface area (Å²) < 4.78 is 11.5. The maximum atomic E-state index is 12.2. The van der Waals surface area contributed by atoms with Crippen molar-refractivity contribution in [2.24, 2.45) is 0 Å². The number of hydrogen-bond donors (Lipinski definition) is 1. The number of ether oxygens (including phenoxy) is 1. The van der Waals surface area contributed by atoms with Crippen LogP contribution in [0.5, 0.6) is 0 Å². The second kappa shape index (κ2) is 8.77. The average Bonchev–Trinajstić information content (AvgIpc) is 3.48. The number of nitrogens with one attached hydrogen (secondary N) is 1. The SMILES string of the molecule is Cc1c(-c2ccccc2)cccc1-c1nc2cc(COC(=O)[C@@H]3CCCN3)c(Cl)cc2o1. The predicted molar refractivity (Wildman–Crippen MR) is 125 cm³/mol. The number of oxazole rings is 1. The fraction of sp³-hybridized carbons (Fsp3) is 0.231. The van der Waals surface area contributed by atoms with Crippen LogP contribution in [-0.2, 0) is 16.1 Å². The number of rotatable bonds is 5. The van der Waals surface area contributed by atoms with E-state index in [9.17, 15) is 4.79 Å². The molecule has 3 aromatic carbocycles. The summed E-state index contributed by atoms with van der Waals surface area (Å²) in [5.74, 6) is 0.295. The Bertz CT molecular complexity index is 1280. The van der Waals surface area contributed by atoms with Crippen LogP contribution in [0.15, 0.2) is 65.1 Å². The number of carbonyl (C=O) groups is 1. The number of carbonyl (C=O) groups excluding carboxylic acids is 1. The Morgan fingerprint density at radius 2 is 1.97 bits per heavy atom. The highest BCUT2D eigenvalue weighted by molar-refractivity contribution is 6.32. The van der Waals surface area contributed by atoms with Gasteiger partial charge in [0.1, 0.15) is 18.2 Å². The second-order valence-corrected chi connectivity index (χ2v) is 8.44. The van der Waals surface area contributed by atoms with Crippen LogP contribution in [0.4, 0.5) is 0 Å².